The lowest BCUT2D eigenvalue weighted by atomic mass is 9.91. The highest BCUT2D eigenvalue weighted by atomic mass is 32.2. The minimum atomic E-state index is -1.49. The van der Waals surface area contributed by atoms with Gasteiger partial charge in [0.25, 0.3) is 5.91 Å². The molecule has 5 atom stereocenters. The average molecular weight is 524 g/mol. The molecule has 37 heavy (non-hydrogen) atoms. The molecule has 3 fully saturated rings. The summed E-state index contributed by atoms with van der Waals surface area (Å²) in [5.41, 5.74) is 3.07. The molecule has 2 aromatic carbocycles. The van der Waals surface area contributed by atoms with Crippen molar-refractivity contribution in [2.75, 3.05) is 12.5 Å². The molecule has 196 valence electrons. The van der Waals surface area contributed by atoms with Gasteiger partial charge in [0.2, 0.25) is 11.8 Å². The van der Waals surface area contributed by atoms with Crippen LogP contribution in [0.3, 0.4) is 0 Å². The van der Waals surface area contributed by atoms with Gasteiger partial charge >= 0.3 is 0 Å². The minimum absolute atomic E-state index is 0.126. The molecule has 2 aromatic rings. The summed E-state index contributed by atoms with van der Waals surface area (Å²) in [5, 5.41) is 14.1. The third-order valence-electron chi connectivity index (χ3n) is 7.71. The number of likely N-dealkylation sites (tertiary alicyclic amines) is 1. The highest BCUT2D eigenvalue weighted by Crippen LogP contribution is 2.51. The van der Waals surface area contributed by atoms with E-state index in [4.69, 9.17) is 4.74 Å². The second-order valence-corrected chi connectivity index (χ2v) is 11.5. The van der Waals surface area contributed by atoms with Gasteiger partial charge in [-0.2, -0.15) is 0 Å². The van der Waals surface area contributed by atoms with Gasteiger partial charge in [0, 0.05) is 13.2 Å². The number of aliphatic hydroxyl groups is 1. The molecule has 3 aliphatic rings. The van der Waals surface area contributed by atoms with Crippen LogP contribution in [0.15, 0.2) is 54.6 Å². The zero-order chi connectivity index (χ0) is 26.2. The quantitative estimate of drug-likeness (QED) is 0.515. The number of rotatable bonds is 8. The number of amides is 3. The first-order valence-electron chi connectivity index (χ1n) is 12.7. The molecule has 0 aliphatic carbocycles. The predicted molar refractivity (Wildman–Crippen MR) is 140 cm³/mol. The summed E-state index contributed by atoms with van der Waals surface area (Å²) in [6.45, 7) is 4.99. The normalized spacial score (nSPS) is 26.4. The van der Waals surface area contributed by atoms with Crippen LogP contribution in [0.25, 0.3) is 0 Å². The second-order valence-electron chi connectivity index (χ2n) is 10.1. The molecule has 0 radical (unpaired) electrons. The summed E-state index contributed by atoms with van der Waals surface area (Å²) in [6.07, 6.45) is -0.374. The van der Waals surface area contributed by atoms with Crippen LogP contribution in [0.2, 0.25) is 0 Å². The molecule has 3 aliphatic heterocycles. The van der Waals surface area contributed by atoms with Crippen LogP contribution in [-0.4, -0.2) is 74.3 Å². The first-order chi connectivity index (χ1) is 17.8. The molecule has 3 amide bonds. The van der Waals surface area contributed by atoms with Gasteiger partial charge in [0.1, 0.15) is 17.0 Å². The van der Waals surface area contributed by atoms with Crippen LogP contribution < -0.4 is 5.32 Å². The number of ether oxygens (including phenoxy) is 1. The monoisotopic (exact) mass is 523 g/mol. The van der Waals surface area contributed by atoms with Crippen LogP contribution in [0.5, 0.6) is 0 Å². The summed E-state index contributed by atoms with van der Waals surface area (Å²) in [7, 11) is 0. The Kier molecular flexibility index (Phi) is 7.29. The summed E-state index contributed by atoms with van der Waals surface area (Å²) in [4.78, 5) is 42.4. The van der Waals surface area contributed by atoms with E-state index in [0.717, 1.165) is 23.1 Å². The number of aliphatic hydroxyl groups excluding tert-OH is 1. The fourth-order valence-electron chi connectivity index (χ4n) is 5.43. The van der Waals surface area contributed by atoms with Gasteiger partial charge in [-0.25, -0.2) is 0 Å². The van der Waals surface area contributed by atoms with Gasteiger partial charge in [-0.3, -0.25) is 14.4 Å². The Bertz CT molecular complexity index is 1170. The van der Waals surface area contributed by atoms with Crippen LogP contribution in [-0.2, 0) is 32.1 Å². The van der Waals surface area contributed by atoms with E-state index in [1.165, 1.54) is 16.7 Å². The summed E-state index contributed by atoms with van der Waals surface area (Å²) in [5.74, 6) is -0.696. The number of carbonyl (C=O) groups is 3. The van der Waals surface area contributed by atoms with E-state index in [2.05, 4.69) is 5.32 Å². The highest BCUT2D eigenvalue weighted by Gasteiger charge is 2.65. The van der Waals surface area contributed by atoms with Crippen molar-refractivity contribution >= 4 is 29.5 Å². The maximum absolute atomic E-state index is 13.6. The van der Waals surface area contributed by atoms with Crippen molar-refractivity contribution < 1.29 is 24.2 Å². The molecule has 1 unspecified atom stereocenters. The van der Waals surface area contributed by atoms with Crippen molar-refractivity contribution in [1.82, 2.24) is 15.1 Å². The van der Waals surface area contributed by atoms with Crippen LogP contribution in [0.1, 0.15) is 36.5 Å². The predicted octanol–water partition coefficient (Wildman–Crippen LogP) is 2.22. The van der Waals surface area contributed by atoms with E-state index in [1.807, 2.05) is 73.3 Å². The lowest BCUT2D eigenvalue weighted by Crippen LogP contribution is -2.73. The van der Waals surface area contributed by atoms with Crippen molar-refractivity contribution in [3.63, 3.8) is 0 Å². The fraction of sp³-hybridized carbons (Fsp3) is 0.464. The van der Waals surface area contributed by atoms with Crippen molar-refractivity contribution in [2.45, 2.75) is 68.8 Å². The number of aryl methyl sites for hydroxylation is 1. The molecule has 0 bridgehead atoms. The van der Waals surface area contributed by atoms with Crippen molar-refractivity contribution in [3.8, 4) is 0 Å². The second kappa shape index (κ2) is 10.5. The van der Waals surface area contributed by atoms with Crippen molar-refractivity contribution in [2.24, 2.45) is 0 Å². The Labute approximate surface area is 221 Å². The Morgan fingerprint density at radius 2 is 1.92 bits per heavy atom. The number of carbonyl (C=O) groups excluding carboxylic acids is 3. The zero-order valence-corrected chi connectivity index (χ0v) is 21.9. The van der Waals surface area contributed by atoms with Crippen LogP contribution in [0.4, 0.5) is 0 Å². The summed E-state index contributed by atoms with van der Waals surface area (Å²) < 4.78 is 5.50. The summed E-state index contributed by atoms with van der Waals surface area (Å²) >= 11 is 1.53. The minimum Gasteiger partial charge on any atom is -0.381 e. The number of fused-ring (bicyclic) bond motifs is 1. The third-order valence-corrected chi connectivity index (χ3v) is 9.14. The number of benzene rings is 2. The Morgan fingerprint density at radius 1 is 1.19 bits per heavy atom. The number of β-lactam (4-membered cyclic amide) rings is 1. The van der Waals surface area contributed by atoms with Gasteiger partial charge in [0.05, 0.1) is 11.9 Å². The third kappa shape index (κ3) is 4.87. The van der Waals surface area contributed by atoms with Gasteiger partial charge in [0.15, 0.2) is 6.10 Å². The first kappa shape index (κ1) is 25.8. The van der Waals surface area contributed by atoms with Gasteiger partial charge < -0.3 is 25.0 Å². The fourth-order valence-corrected chi connectivity index (χ4v) is 6.80. The van der Waals surface area contributed by atoms with E-state index in [9.17, 15) is 19.5 Å². The maximum Gasteiger partial charge on any atom is 0.255 e. The molecule has 8 nitrogen and oxygen atoms in total. The molecule has 0 saturated carbocycles. The van der Waals surface area contributed by atoms with Crippen molar-refractivity contribution in [3.05, 3.63) is 71.3 Å². The molecule has 5 rings (SSSR count). The largest absolute Gasteiger partial charge is 0.381 e. The molecular formula is C28H33N3O5S. The number of nitrogens with zero attached hydrogens (tertiary/aromatic N) is 2. The van der Waals surface area contributed by atoms with E-state index in [-0.39, 0.29) is 18.2 Å². The van der Waals surface area contributed by atoms with Gasteiger partial charge in [-0.05, 0) is 49.8 Å². The van der Waals surface area contributed by atoms with E-state index >= 15 is 0 Å². The maximum atomic E-state index is 13.6. The average Bonchev–Trinajstić information content (AvgIpc) is 3.55. The highest BCUT2D eigenvalue weighted by molar-refractivity contribution is 8.01. The molecule has 0 aromatic heterocycles. The van der Waals surface area contributed by atoms with Crippen LogP contribution in [0, 0.1) is 6.92 Å². The molecule has 3 saturated heterocycles. The zero-order valence-electron chi connectivity index (χ0n) is 21.1. The number of thioether (sulfide) groups is 1. The SMILES string of the molecule is Cc1ccccc1CN1C(=O)[C@H]2N(C(=O)[C@@H](O)[C@H](Cc3ccccc3)NC(=O)[C@H]3CCCO3)CSC21C. The number of hydrogen-bond acceptors (Lipinski definition) is 6. The molecule has 3 heterocycles. The standard InChI is InChI=1S/C28H33N3O5S/c1-18-9-6-7-12-20(18)16-31-27(35)24-28(31,2)37-17-30(24)26(34)23(32)21(15-19-10-4-3-5-11-19)29-25(33)22-13-8-14-36-22/h3-7,9-12,21-24,32H,8,13-17H2,1-2H3,(H,29,33)/t21-,22+,23-,24+,28?/m0/s1. The number of nitrogens with one attached hydrogen (secondary N) is 1. The lowest BCUT2D eigenvalue weighted by Gasteiger charge is -2.53. The molecule has 2 N–H and O–H groups in total. The van der Waals surface area contributed by atoms with Crippen LogP contribution >= 0.6 is 11.8 Å². The Hall–Kier alpha value is -2.88. The first-order valence-corrected chi connectivity index (χ1v) is 13.7. The topological polar surface area (TPSA) is 99.2 Å². The van der Waals surface area contributed by atoms with Gasteiger partial charge in [-0.1, -0.05) is 54.6 Å². The Morgan fingerprint density at radius 3 is 2.62 bits per heavy atom. The summed E-state index contributed by atoms with van der Waals surface area (Å²) in [6, 6.07) is 15.9. The lowest BCUT2D eigenvalue weighted by molar-refractivity contribution is -0.168. The molecule has 9 heteroatoms. The molecular weight excluding hydrogens is 490 g/mol. The number of hydrogen-bond donors (Lipinski definition) is 2. The van der Waals surface area contributed by atoms with E-state index in [0.29, 0.717) is 25.4 Å². The molecule has 0 spiro atoms. The smallest absolute Gasteiger partial charge is 0.255 e. The van der Waals surface area contributed by atoms with E-state index in [1.54, 1.807) is 0 Å². The van der Waals surface area contributed by atoms with E-state index < -0.39 is 35.1 Å². The Balaban J connectivity index is 1.31. The van der Waals surface area contributed by atoms with Crippen molar-refractivity contribution in [1.29, 1.82) is 0 Å². The van der Waals surface area contributed by atoms with Gasteiger partial charge in [-0.15, -0.1) is 11.8 Å².